The Balaban J connectivity index is 2.52. The van der Waals surface area contributed by atoms with Gasteiger partial charge in [-0.1, -0.05) is 18.5 Å². The molecule has 0 radical (unpaired) electrons. The van der Waals surface area contributed by atoms with Crippen molar-refractivity contribution in [2.45, 2.75) is 33.6 Å². The first-order valence-corrected chi connectivity index (χ1v) is 6.04. The SMILES string of the molecule is CCCc1nc(Cl)c(C)c(-n2cc(C)cn2)n1. The summed E-state index contributed by atoms with van der Waals surface area (Å²) in [6.07, 6.45) is 5.56. The fourth-order valence-corrected chi connectivity index (χ4v) is 1.79. The summed E-state index contributed by atoms with van der Waals surface area (Å²) < 4.78 is 1.75. The number of nitrogens with zero attached hydrogens (tertiary/aromatic N) is 4. The Morgan fingerprint density at radius 1 is 1.29 bits per heavy atom. The second-order valence-electron chi connectivity index (χ2n) is 4.09. The van der Waals surface area contributed by atoms with Gasteiger partial charge in [0.1, 0.15) is 11.0 Å². The number of hydrogen-bond donors (Lipinski definition) is 0. The van der Waals surface area contributed by atoms with Gasteiger partial charge in [-0.15, -0.1) is 0 Å². The van der Waals surface area contributed by atoms with E-state index < -0.39 is 0 Å². The van der Waals surface area contributed by atoms with Crippen molar-refractivity contribution in [3.8, 4) is 5.82 Å². The van der Waals surface area contributed by atoms with Crippen LogP contribution in [0.2, 0.25) is 5.15 Å². The minimum Gasteiger partial charge on any atom is -0.222 e. The van der Waals surface area contributed by atoms with Crippen molar-refractivity contribution in [2.24, 2.45) is 0 Å². The third kappa shape index (κ3) is 2.47. The van der Waals surface area contributed by atoms with E-state index in [-0.39, 0.29) is 0 Å². The molecule has 17 heavy (non-hydrogen) atoms. The van der Waals surface area contributed by atoms with Crippen LogP contribution in [0.15, 0.2) is 12.4 Å². The highest BCUT2D eigenvalue weighted by Gasteiger charge is 2.11. The molecule has 0 fully saturated rings. The lowest BCUT2D eigenvalue weighted by Crippen LogP contribution is -2.07. The summed E-state index contributed by atoms with van der Waals surface area (Å²) in [7, 11) is 0. The number of halogens is 1. The molecule has 0 spiro atoms. The van der Waals surface area contributed by atoms with E-state index in [2.05, 4.69) is 22.0 Å². The van der Waals surface area contributed by atoms with E-state index in [0.29, 0.717) is 5.15 Å². The van der Waals surface area contributed by atoms with Gasteiger partial charge in [0, 0.05) is 18.2 Å². The van der Waals surface area contributed by atoms with Crippen LogP contribution >= 0.6 is 11.6 Å². The molecular formula is C12H15ClN4. The van der Waals surface area contributed by atoms with Gasteiger partial charge in [0.25, 0.3) is 0 Å². The van der Waals surface area contributed by atoms with Crippen molar-refractivity contribution in [3.05, 3.63) is 34.5 Å². The minimum absolute atomic E-state index is 0.506. The van der Waals surface area contributed by atoms with E-state index in [4.69, 9.17) is 11.6 Å². The number of rotatable bonds is 3. The van der Waals surface area contributed by atoms with Crippen LogP contribution in [-0.4, -0.2) is 19.7 Å². The predicted molar refractivity (Wildman–Crippen MR) is 67.6 cm³/mol. The fraction of sp³-hybridized carbons (Fsp3) is 0.417. The van der Waals surface area contributed by atoms with Crippen molar-refractivity contribution in [1.29, 1.82) is 0 Å². The second-order valence-corrected chi connectivity index (χ2v) is 4.45. The highest BCUT2D eigenvalue weighted by molar-refractivity contribution is 6.30. The molecule has 0 N–H and O–H groups in total. The van der Waals surface area contributed by atoms with E-state index in [9.17, 15) is 0 Å². The maximum Gasteiger partial charge on any atom is 0.161 e. The highest BCUT2D eigenvalue weighted by Crippen LogP contribution is 2.19. The van der Waals surface area contributed by atoms with Gasteiger partial charge in [-0.2, -0.15) is 5.10 Å². The topological polar surface area (TPSA) is 43.6 Å². The van der Waals surface area contributed by atoms with E-state index in [1.165, 1.54) is 0 Å². The molecule has 2 aromatic rings. The molecule has 2 rings (SSSR count). The smallest absolute Gasteiger partial charge is 0.161 e. The van der Waals surface area contributed by atoms with Crippen molar-refractivity contribution >= 4 is 11.6 Å². The molecule has 0 unspecified atom stereocenters. The van der Waals surface area contributed by atoms with E-state index in [0.717, 1.165) is 35.6 Å². The van der Waals surface area contributed by atoms with Crippen LogP contribution in [0.4, 0.5) is 0 Å². The molecule has 0 aliphatic rings. The molecule has 2 heterocycles. The van der Waals surface area contributed by atoms with Crippen molar-refractivity contribution in [1.82, 2.24) is 19.7 Å². The average Bonchev–Trinajstić information content (AvgIpc) is 2.70. The third-order valence-electron chi connectivity index (χ3n) is 2.51. The summed E-state index contributed by atoms with van der Waals surface area (Å²) in [6.45, 7) is 5.99. The molecule has 0 saturated carbocycles. The van der Waals surface area contributed by atoms with Crippen LogP contribution in [0.5, 0.6) is 0 Å². The van der Waals surface area contributed by atoms with E-state index in [1.54, 1.807) is 10.9 Å². The van der Waals surface area contributed by atoms with Crippen molar-refractivity contribution in [3.63, 3.8) is 0 Å². The quantitative estimate of drug-likeness (QED) is 0.787. The fourth-order valence-electron chi connectivity index (χ4n) is 1.61. The zero-order valence-corrected chi connectivity index (χ0v) is 11.0. The Labute approximate surface area is 106 Å². The predicted octanol–water partition coefficient (Wildman–Crippen LogP) is 2.89. The Kier molecular flexibility index (Phi) is 3.43. The van der Waals surface area contributed by atoms with Gasteiger partial charge in [0.15, 0.2) is 5.82 Å². The van der Waals surface area contributed by atoms with Crippen molar-refractivity contribution < 1.29 is 0 Å². The normalized spacial score (nSPS) is 10.8. The summed E-state index contributed by atoms with van der Waals surface area (Å²) in [5.74, 6) is 1.54. The zero-order chi connectivity index (χ0) is 12.4. The molecule has 5 heteroatoms. The first-order valence-electron chi connectivity index (χ1n) is 5.66. The maximum atomic E-state index is 6.12. The standard InChI is InChI=1S/C12H15ClN4/c1-4-5-10-15-11(13)9(3)12(16-10)17-7-8(2)6-14-17/h6-7H,4-5H2,1-3H3. The number of hydrogen-bond acceptors (Lipinski definition) is 3. The third-order valence-corrected chi connectivity index (χ3v) is 2.88. The van der Waals surface area contributed by atoms with Gasteiger partial charge in [0.2, 0.25) is 0 Å². The molecule has 4 nitrogen and oxygen atoms in total. The van der Waals surface area contributed by atoms with Gasteiger partial charge in [0.05, 0.1) is 6.20 Å². The van der Waals surface area contributed by atoms with Gasteiger partial charge >= 0.3 is 0 Å². The maximum absolute atomic E-state index is 6.12. The minimum atomic E-state index is 0.506. The first kappa shape index (κ1) is 12.0. The number of aryl methyl sites for hydroxylation is 2. The van der Waals surface area contributed by atoms with Crippen LogP contribution in [-0.2, 0) is 6.42 Å². The summed E-state index contributed by atoms with van der Waals surface area (Å²) >= 11 is 6.12. The van der Waals surface area contributed by atoms with Crippen LogP contribution in [0.3, 0.4) is 0 Å². The van der Waals surface area contributed by atoms with Gasteiger partial charge < -0.3 is 0 Å². The molecule has 0 atom stereocenters. The average molecular weight is 251 g/mol. The Bertz CT molecular complexity index is 533. The Hall–Kier alpha value is -1.42. The van der Waals surface area contributed by atoms with E-state index >= 15 is 0 Å². The monoisotopic (exact) mass is 250 g/mol. The van der Waals surface area contributed by atoms with Crippen LogP contribution in [0.1, 0.15) is 30.3 Å². The Morgan fingerprint density at radius 3 is 2.65 bits per heavy atom. The molecule has 0 amide bonds. The largest absolute Gasteiger partial charge is 0.222 e. The Morgan fingerprint density at radius 2 is 2.06 bits per heavy atom. The second kappa shape index (κ2) is 4.84. The molecule has 0 bridgehead atoms. The summed E-state index contributed by atoms with van der Waals surface area (Å²) in [4.78, 5) is 8.78. The van der Waals surface area contributed by atoms with Crippen LogP contribution < -0.4 is 0 Å². The molecule has 0 aromatic carbocycles. The summed E-state index contributed by atoms with van der Waals surface area (Å²) in [5, 5.41) is 4.76. The van der Waals surface area contributed by atoms with E-state index in [1.807, 2.05) is 20.0 Å². The molecule has 0 aliphatic heterocycles. The van der Waals surface area contributed by atoms with Crippen LogP contribution in [0, 0.1) is 13.8 Å². The molecular weight excluding hydrogens is 236 g/mol. The zero-order valence-electron chi connectivity index (χ0n) is 10.2. The lowest BCUT2D eigenvalue weighted by Gasteiger charge is -2.08. The lowest BCUT2D eigenvalue weighted by atomic mass is 10.3. The summed E-state index contributed by atoms with van der Waals surface area (Å²) in [6, 6.07) is 0. The van der Waals surface area contributed by atoms with Crippen molar-refractivity contribution in [2.75, 3.05) is 0 Å². The molecule has 2 aromatic heterocycles. The molecule has 0 saturated heterocycles. The molecule has 0 aliphatic carbocycles. The first-order chi connectivity index (χ1) is 8.11. The molecule has 90 valence electrons. The van der Waals surface area contributed by atoms with Gasteiger partial charge in [-0.3, -0.25) is 0 Å². The van der Waals surface area contributed by atoms with Crippen LogP contribution in [0.25, 0.3) is 5.82 Å². The number of aromatic nitrogens is 4. The van der Waals surface area contributed by atoms with Gasteiger partial charge in [-0.25, -0.2) is 14.6 Å². The lowest BCUT2D eigenvalue weighted by molar-refractivity contribution is 0.776. The summed E-state index contributed by atoms with van der Waals surface area (Å²) in [5.41, 5.74) is 1.95. The highest BCUT2D eigenvalue weighted by atomic mass is 35.5. The van der Waals surface area contributed by atoms with Gasteiger partial charge in [-0.05, 0) is 25.8 Å².